The Hall–Kier alpha value is -0.780. The Morgan fingerprint density at radius 1 is 1.18 bits per heavy atom. The molecule has 1 aromatic rings. The first-order valence-electron chi connectivity index (χ1n) is 7.95. The number of rotatable bonds is 11. The Balaban J connectivity index is 2.58. The number of alkyl halides is 1. The van der Waals surface area contributed by atoms with E-state index in [2.05, 4.69) is 35.6 Å². The van der Waals surface area contributed by atoms with E-state index in [4.69, 9.17) is 9.47 Å². The molecule has 0 bridgehead atoms. The molecule has 0 amide bonds. The van der Waals surface area contributed by atoms with E-state index in [1.807, 2.05) is 12.1 Å². The Bertz CT molecular complexity index is 460. The summed E-state index contributed by atoms with van der Waals surface area (Å²) in [5, 5.41) is 0. The third-order valence-corrected chi connectivity index (χ3v) is 4.74. The third kappa shape index (κ3) is 6.15. The van der Waals surface area contributed by atoms with Crippen molar-refractivity contribution in [3.8, 4) is 11.5 Å². The number of benzene rings is 1. The van der Waals surface area contributed by atoms with Crippen LogP contribution in [0.5, 0.6) is 11.5 Å². The third-order valence-electron chi connectivity index (χ3n) is 3.99. The van der Waals surface area contributed by atoms with Crippen LogP contribution in [-0.4, -0.2) is 24.4 Å². The van der Waals surface area contributed by atoms with Crippen molar-refractivity contribution in [2.24, 2.45) is 5.92 Å². The second kappa shape index (κ2) is 10.9. The van der Waals surface area contributed by atoms with Crippen LogP contribution >= 0.6 is 22.6 Å². The minimum absolute atomic E-state index is 0.223. The van der Waals surface area contributed by atoms with Gasteiger partial charge in [0, 0.05) is 12.0 Å². The molecule has 0 spiro atoms. The van der Waals surface area contributed by atoms with E-state index in [0.29, 0.717) is 10.2 Å². The zero-order chi connectivity index (χ0) is 16.4. The number of methoxy groups -OCH3 is 2. The van der Waals surface area contributed by atoms with E-state index in [0.717, 1.165) is 50.0 Å². The number of ether oxygens (including phenoxy) is 2. The van der Waals surface area contributed by atoms with Gasteiger partial charge in [-0.2, -0.15) is 0 Å². The minimum atomic E-state index is 0.223. The van der Waals surface area contributed by atoms with E-state index < -0.39 is 0 Å². The van der Waals surface area contributed by atoms with E-state index in [9.17, 15) is 4.79 Å². The number of carbonyl (C=O) groups is 1. The van der Waals surface area contributed by atoms with Gasteiger partial charge in [-0.3, -0.25) is 4.79 Å². The molecule has 0 aliphatic rings. The number of Topliss-reactive ketones (excluding diaryl/α,β-unsaturated/α-hetero) is 1. The van der Waals surface area contributed by atoms with E-state index in [-0.39, 0.29) is 5.92 Å². The summed E-state index contributed by atoms with van der Waals surface area (Å²) >= 11 is 2.18. The highest BCUT2D eigenvalue weighted by Crippen LogP contribution is 2.27. The molecule has 0 fully saturated rings. The van der Waals surface area contributed by atoms with Gasteiger partial charge >= 0.3 is 0 Å². The van der Waals surface area contributed by atoms with Crippen LogP contribution in [0.4, 0.5) is 0 Å². The quantitative estimate of drug-likeness (QED) is 0.381. The lowest BCUT2D eigenvalue weighted by Crippen LogP contribution is -2.16. The SMILES string of the molecule is CCCCC(CCCc1ccc(OC)cc1OC)C(=O)CI. The number of hydrogen-bond acceptors (Lipinski definition) is 3. The maximum absolute atomic E-state index is 12.0. The van der Waals surface area contributed by atoms with E-state index in [1.54, 1.807) is 14.2 Å². The summed E-state index contributed by atoms with van der Waals surface area (Å²) in [7, 11) is 3.34. The van der Waals surface area contributed by atoms with Gasteiger partial charge in [0.15, 0.2) is 0 Å². The van der Waals surface area contributed by atoms with Crippen LogP contribution in [0.1, 0.15) is 44.6 Å². The number of ketones is 1. The first kappa shape index (κ1) is 19.3. The molecule has 1 rings (SSSR count). The van der Waals surface area contributed by atoms with Gasteiger partial charge in [-0.15, -0.1) is 0 Å². The average molecular weight is 418 g/mol. The van der Waals surface area contributed by atoms with Crippen molar-refractivity contribution in [1.82, 2.24) is 0 Å². The van der Waals surface area contributed by atoms with Gasteiger partial charge in [-0.1, -0.05) is 48.4 Å². The normalized spacial score (nSPS) is 12.0. The Kier molecular flexibility index (Phi) is 9.52. The van der Waals surface area contributed by atoms with Gasteiger partial charge in [-0.25, -0.2) is 0 Å². The summed E-state index contributed by atoms with van der Waals surface area (Å²) in [5.41, 5.74) is 1.18. The summed E-state index contributed by atoms with van der Waals surface area (Å²) in [5.74, 6) is 2.29. The van der Waals surface area contributed by atoms with Gasteiger partial charge in [0.25, 0.3) is 0 Å². The first-order chi connectivity index (χ1) is 10.7. The van der Waals surface area contributed by atoms with Crippen molar-refractivity contribution in [2.75, 3.05) is 18.6 Å². The molecule has 124 valence electrons. The lowest BCUT2D eigenvalue weighted by atomic mass is 9.91. The molecule has 0 saturated carbocycles. The highest BCUT2D eigenvalue weighted by Gasteiger charge is 2.16. The van der Waals surface area contributed by atoms with Crippen LogP contribution in [0.2, 0.25) is 0 Å². The lowest BCUT2D eigenvalue weighted by molar-refractivity contribution is -0.120. The van der Waals surface area contributed by atoms with Crippen molar-refractivity contribution in [1.29, 1.82) is 0 Å². The summed E-state index contributed by atoms with van der Waals surface area (Å²) in [4.78, 5) is 12.0. The number of unbranched alkanes of at least 4 members (excludes halogenated alkanes) is 1. The van der Waals surface area contributed by atoms with Gasteiger partial charge in [0.1, 0.15) is 17.3 Å². The molecule has 1 aromatic carbocycles. The van der Waals surface area contributed by atoms with Gasteiger partial charge < -0.3 is 9.47 Å². The molecule has 22 heavy (non-hydrogen) atoms. The maximum Gasteiger partial charge on any atom is 0.145 e. The fourth-order valence-electron chi connectivity index (χ4n) is 2.62. The van der Waals surface area contributed by atoms with Crippen LogP contribution in [0.15, 0.2) is 18.2 Å². The lowest BCUT2D eigenvalue weighted by Gasteiger charge is -2.15. The first-order valence-corrected chi connectivity index (χ1v) is 9.48. The minimum Gasteiger partial charge on any atom is -0.497 e. The molecule has 0 heterocycles. The molecule has 0 saturated heterocycles. The van der Waals surface area contributed by atoms with Gasteiger partial charge in [0.2, 0.25) is 0 Å². The highest BCUT2D eigenvalue weighted by atomic mass is 127. The summed E-state index contributed by atoms with van der Waals surface area (Å²) < 4.78 is 11.3. The number of carbonyl (C=O) groups excluding carboxylic acids is 1. The van der Waals surface area contributed by atoms with Crippen molar-refractivity contribution in [3.63, 3.8) is 0 Å². The smallest absolute Gasteiger partial charge is 0.145 e. The standard InChI is InChI=1S/C18H27IO3/c1-4-5-7-14(17(20)13-19)8-6-9-15-10-11-16(21-2)12-18(15)22-3/h10-12,14H,4-9,13H2,1-3H3. The fourth-order valence-corrected chi connectivity index (χ4v) is 3.25. The zero-order valence-electron chi connectivity index (χ0n) is 13.9. The second-order valence-corrected chi connectivity index (χ2v) is 6.27. The number of hydrogen-bond donors (Lipinski definition) is 0. The topological polar surface area (TPSA) is 35.5 Å². The molecule has 1 unspecified atom stereocenters. The predicted molar refractivity (Wildman–Crippen MR) is 99.4 cm³/mol. The fraction of sp³-hybridized carbons (Fsp3) is 0.611. The van der Waals surface area contributed by atoms with E-state index >= 15 is 0 Å². The zero-order valence-corrected chi connectivity index (χ0v) is 16.0. The molecule has 0 aromatic heterocycles. The average Bonchev–Trinajstić information content (AvgIpc) is 2.57. The molecule has 3 nitrogen and oxygen atoms in total. The summed E-state index contributed by atoms with van der Waals surface area (Å²) in [6.45, 7) is 2.17. The van der Waals surface area contributed by atoms with Crippen molar-refractivity contribution in [3.05, 3.63) is 23.8 Å². The summed E-state index contributed by atoms with van der Waals surface area (Å²) in [6, 6.07) is 5.93. The van der Waals surface area contributed by atoms with Crippen molar-refractivity contribution >= 4 is 28.4 Å². The Morgan fingerprint density at radius 2 is 1.91 bits per heavy atom. The van der Waals surface area contributed by atoms with Gasteiger partial charge in [-0.05, 0) is 37.3 Å². The largest absolute Gasteiger partial charge is 0.497 e. The molecule has 1 atom stereocenters. The molecule has 0 aliphatic heterocycles. The molecular weight excluding hydrogens is 391 g/mol. The monoisotopic (exact) mass is 418 g/mol. The molecule has 4 heteroatoms. The van der Waals surface area contributed by atoms with Gasteiger partial charge in [0.05, 0.1) is 18.6 Å². The van der Waals surface area contributed by atoms with E-state index in [1.165, 1.54) is 5.56 Å². The Labute approximate surface area is 147 Å². The number of aryl methyl sites for hydroxylation is 1. The van der Waals surface area contributed by atoms with Crippen LogP contribution in [0.3, 0.4) is 0 Å². The van der Waals surface area contributed by atoms with Crippen LogP contribution in [-0.2, 0) is 11.2 Å². The van der Waals surface area contributed by atoms with Crippen molar-refractivity contribution in [2.45, 2.75) is 45.4 Å². The molecule has 0 aliphatic carbocycles. The van der Waals surface area contributed by atoms with Crippen LogP contribution in [0, 0.1) is 5.92 Å². The van der Waals surface area contributed by atoms with Crippen LogP contribution in [0.25, 0.3) is 0 Å². The second-order valence-electron chi connectivity index (χ2n) is 5.51. The predicted octanol–water partition coefficient (Wildman–Crippen LogP) is 4.84. The molecule has 0 N–H and O–H groups in total. The summed E-state index contributed by atoms with van der Waals surface area (Å²) in [6.07, 6.45) is 6.23. The van der Waals surface area contributed by atoms with Crippen LogP contribution < -0.4 is 9.47 Å². The highest BCUT2D eigenvalue weighted by molar-refractivity contribution is 14.1. The molecule has 0 radical (unpaired) electrons. The maximum atomic E-state index is 12.0. The Morgan fingerprint density at radius 3 is 2.50 bits per heavy atom. The molecular formula is C18H27IO3. The number of halogens is 1. The van der Waals surface area contributed by atoms with Crippen molar-refractivity contribution < 1.29 is 14.3 Å².